The normalized spacial score (nSPS) is 28.9. The minimum absolute atomic E-state index is 0.0127. The van der Waals surface area contributed by atoms with Crippen molar-refractivity contribution in [1.29, 1.82) is 0 Å². The third-order valence-electron chi connectivity index (χ3n) is 3.10. The number of hydrogen-bond acceptors (Lipinski definition) is 2. The summed E-state index contributed by atoms with van der Waals surface area (Å²) in [6, 6.07) is 0. The minimum Gasteiger partial charge on any atom is -0.481 e. The summed E-state index contributed by atoms with van der Waals surface area (Å²) in [4.78, 5) is 22.3. The van der Waals surface area contributed by atoms with Crippen LogP contribution in [0.4, 0.5) is 0 Å². The molecule has 1 rings (SSSR count). The second-order valence-electron chi connectivity index (χ2n) is 5.20. The zero-order valence-electron chi connectivity index (χ0n) is 9.04. The monoisotopic (exact) mass is 198 g/mol. The molecule has 1 aliphatic rings. The number of carboxylic acids is 1. The fraction of sp³-hybridized carbons (Fsp3) is 0.818. The largest absolute Gasteiger partial charge is 0.481 e. The molecule has 0 aromatic carbocycles. The second kappa shape index (κ2) is 3.71. The Labute approximate surface area is 84.5 Å². The number of aliphatic carboxylic acids is 1. The number of carboxylic acid groups (broad SMARTS) is 1. The van der Waals surface area contributed by atoms with E-state index in [0.29, 0.717) is 19.3 Å². The summed E-state index contributed by atoms with van der Waals surface area (Å²) in [5, 5.41) is 9.05. The summed E-state index contributed by atoms with van der Waals surface area (Å²) in [5.41, 5.74) is -0.0981. The van der Waals surface area contributed by atoms with Gasteiger partial charge in [-0.3, -0.25) is 9.59 Å². The molecular formula is C11H18O3. The topological polar surface area (TPSA) is 54.4 Å². The van der Waals surface area contributed by atoms with Gasteiger partial charge in [0.05, 0.1) is 5.92 Å². The van der Waals surface area contributed by atoms with Crippen molar-refractivity contribution in [3.8, 4) is 0 Å². The molecule has 0 aromatic rings. The van der Waals surface area contributed by atoms with Crippen LogP contribution in [0.2, 0.25) is 0 Å². The van der Waals surface area contributed by atoms with E-state index in [0.717, 1.165) is 0 Å². The molecule has 0 spiro atoms. The first kappa shape index (κ1) is 11.2. The molecule has 14 heavy (non-hydrogen) atoms. The number of Topliss-reactive ketones (excluding diaryl/α,β-unsaturated/α-hetero) is 1. The van der Waals surface area contributed by atoms with Gasteiger partial charge in [0.2, 0.25) is 0 Å². The Morgan fingerprint density at radius 3 is 2.43 bits per heavy atom. The van der Waals surface area contributed by atoms with Gasteiger partial charge in [0.25, 0.3) is 0 Å². The third-order valence-corrected chi connectivity index (χ3v) is 3.10. The molecule has 0 amide bonds. The maximum Gasteiger partial charge on any atom is 0.306 e. The van der Waals surface area contributed by atoms with Crippen molar-refractivity contribution in [3.05, 3.63) is 0 Å². The van der Waals surface area contributed by atoms with Gasteiger partial charge in [-0.1, -0.05) is 20.8 Å². The van der Waals surface area contributed by atoms with Crippen LogP contribution in [0.15, 0.2) is 0 Å². The Hall–Kier alpha value is -0.860. The van der Waals surface area contributed by atoms with E-state index in [9.17, 15) is 9.59 Å². The maximum absolute atomic E-state index is 11.3. The highest BCUT2D eigenvalue weighted by atomic mass is 16.4. The van der Waals surface area contributed by atoms with E-state index < -0.39 is 5.97 Å². The first-order valence-electron chi connectivity index (χ1n) is 5.07. The van der Waals surface area contributed by atoms with Crippen LogP contribution in [0.1, 0.15) is 40.0 Å². The summed E-state index contributed by atoms with van der Waals surface area (Å²) < 4.78 is 0. The van der Waals surface area contributed by atoms with Gasteiger partial charge >= 0.3 is 5.97 Å². The molecule has 2 atom stereocenters. The maximum atomic E-state index is 11.3. The van der Waals surface area contributed by atoms with Gasteiger partial charge < -0.3 is 5.11 Å². The van der Waals surface area contributed by atoms with Crippen molar-refractivity contribution in [2.24, 2.45) is 17.3 Å². The molecule has 0 aliphatic heterocycles. The van der Waals surface area contributed by atoms with E-state index in [1.807, 2.05) is 20.8 Å². The molecule has 0 aromatic heterocycles. The van der Waals surface area contributed by atoms with Crippen LogP contribution in [0.25, 0.3) is 0 Å². The molecule has 0 saturated heterocycles. The molecule has 0 heterocycles. The zero-order valence-corrected chi connectivity index (χ0v) is 9.04. The first-order valence-corrected chi connectivity index (χ1v) is 5.07. The van der Waals surface area contributed by atoms with Crippen LogP contribution in [0.5, 0.6) is 0 Å². The SMILES string of the molecule is CC(C)(C)C1CC(=O)CCC1C(=O)O. The fourth-order valence-corrected chi connectivity index (χ4v) is 2.21. The van der Waals surface area contributed by atoms with Gasteiger partial charge in [-0.2, -0.15) is 0 Å². The Morgan fingerprint density at radius 2 is 2.00 bits per heavy atom. The van der Waals surface area contributed by atoms with Gasteiger partial charge in [-0.15, -0.1) is 0 Å². The number of rotatable bonds is 1. The lowest BCUT2D eigenvalue weighted by molar-refractivity contribution is -0.148. The van der Waals surface area contributed by atoms with E-state index in [1.165, 1.54) is 0 Å². The predicted octanol–water partition coefficient (Wildman–Crippen LogP) is 2.10. The first-order chi connectivity index (χ1) is 6.32. The number of ketones is 1. The zero-order chi connectivity index (χ0) is 10.9. The second-order valence-corrected chi connectivity index (χ2v) is 5.20. The summed E-state index contributed by atoms with van der Waals surface area (Å²) in [7, 11) is 0. The Balaban J connectivity index is 2.84. The summed E-state index contributed by atoms with van der Waals surface area (Å²) >= 11 is 0. The highest BCUT2D eigenvalue weighted by Crippen LogP contribution is 2.40. The summed E-state index contributed by atoms with van der Waals surface area (Å²) in [6.07, 6.45) is 1.38. The van der Waals surface area contributed by atoms with Crippen molar-refractivity contribution in [2.45, 2.75) is 40.0 Å². The van der Waals surface area contributed by atoms with Gasteiger partial charge in [-0.25, -0.2) is 0 Å². The average molecular weight is 198 g/mol. The van der Waals surface area contributed by atoms with Crippen LogP contribution in [0.3, 0.4) is 0 Å². The lowest BCUT2D eigenvalue weighted by Gasteiger charge is -2.37. The van der Waals surface area contributed by atoms with E-state index in [4.69, 9.17) is 5.11 Å². The van der Waals surface area contributed by atoms with E-state index in [2.05, 4.69) is 0 Å². The van der Waals surface area contributed by atoms with Crippen molar-refractivity contribution in [1.82, 2.24) is 0 Å². The highest BCUT2D eigenvalue weighted by Gasteiger charge is 2.40. The van der Waals surface area contributed by atoms with Gasteiger partial charge in [-0.05, 0) is 17.8 Å². The molecule has 2 unspecified atom stereocenters. The molecule has 1 aliphatic carbocycles. The standard InChI is InChI=1S/C11H18O3/c1-11(2,3)9-6-7(12)4-5-8(9)10(13)14/h8-9H,4-6H2,1-3H3,(H,13,14). The summed E-state index contributed by atoms with van der Waals surface area (Å²) in [5.74, 6) is -0.895. The van der Waals surface area contributed by atoms with Gasteiger partial charge in [0.15, 0.2) is 0 Å². The quantitative estimate of drug-likeness (QED) is 0.702. The van der Waals surface area contributed by atoms with Crippen molar-refractivity contribution < 1.29 is 14.7 Å². The molecule has 1 saturated carbocycles. The van der Waals surface area contributed by atoms with Crippen LogP contribution in [0, 0.1) is 17.3 Å². The molecule has 1 N–H and O–H groups in total. The van der Waals surface area contributed by atoms with Gasteiger partial charge in [0, 0.05) is 12.8 Å². The molecular weight excluding hydrogens is 180 g/mol. The van der Waals surface area contributed by atoms with Gasteiger partial charge in [0.1, 0.15) is 5.78 Å². The molecule has 0 radical (unpaired) electrons. The van der Waals surface area contributed by atoms with Crippen LogP contribution in [-0.2, 0) is 9.59 Å². The average Bonchev–Trinajstić information content (AvgIpc) is 2.01. The molecule has 3 nitrogen and oxygen atoms in total. The third kappa shape index (κ3) is 2.34. The van der Waals surface area contributed by atoms with E-state index in [1.54, 1.807) is 0 Å². The Kier molecular flexibility index (Phi) is 2.98. The number of carbonyl (C=O) groups is 2. The molecule has 1 fully saturated rings. The summed E-state index contributed by atoms with van der Waals surface area (Å²) in [6.45, 7) is 6.02. The lowest BCUT2D eigenvalue weighted by Crippen LogP contribution is -2.38. The van der Waals surface area contributed by atoms with Crippen molar-refractivity contribution in [2.75, 3.05) is 0 Å². The minimum atomic E-state index is -0.752. The van der Waals surface area contributed by atoms with Crippen LogP contribution in [-0.4, -0.2) is 16.9 Å². The lowest BCUT2D eigenvalue weighted by atomic mass is 9.66. The van der Waals surface area contributed by atoms with Crippen molar-refractivity contribution >= 4 is 11.8 Å². The van der Waals surface area contributed by atoms with Crippen LogP contribution < -0.4 is 0 Å². The smallest absolute Gasteiger partial charge is 0.306 e. The molecule has 80 valence electrons. The van der Waals surface area contributed by atoms with Crippen LogP contribution >= 0.6 is 0 Å². The molecule has 0 bridgehead atoms. The Morgan fingerprint density at radius 1 is 1.43 bits per heavy atom. The Bertz CT molecular complexity index is 250. The van der Waals surface area contributed by atoms with E-state index >= 15 is 0 Å². The fourth-order valence-electron chi connectivity index (χ4n) is 2.21. The highest BCUT2D eigenvalue weighted by molar-refractivity contribution is 5.82. The predicted molar refractivity (Wildman–Crippen MR) is 52.9 cm³/mol. The molecule has 3 heteroatoms. The van der Waals surface area contributed by atoms with Crippen molar-refractivity contribution in [3.63, 3.8) is 0 Å². The number of carbonyl (C=O) groups excluding carboxylic acids is 1. The number of hydrogen-bond donors (Lipinski definition) is 1. The van der Waals surface area contributed by atoms with E-state index in [-0.39, 0.29) is 23.0 Å².